The van der Waals surface area contributed by atoms with Gasteiger partial charge in [-0.1, -0.05) is 18.1 Å². The van der Waals surface area contributed by atoms with Crippen LogP contribution in [0.15, 0.2) is 60.9 Å². The van der Waals surface area contributed by atoms with Crippen LogP contribution in [0.4, 0.5) is 5.82 Å². The molecule has 39 heavy (non-hydrogen) atoms. The van der Waals surface area contributed by atoms with Gasteiger partial charge in [0, 0.05) is 35.8 Å². The minimum Gasteiger partial charge on any atom is -0.491 e. The predicted molar refractivity (Wildman–Crippen MR) is 156 cm³/mol. The quantitative estimate of drug-likeness (QED) is 0.253. The van der Waals surface area contributed by atoms with Crippen LogP contribution in [0, 0.1) is 19.3 Å². The average molecular weight is 517 g/mol. The fourth-order valence-corrected chi connectivity index (χ4v) is 5.37. The van der Waals surface area contributed by atoms with Crippen LogP contribution in [0.5, 0.6) is 5.75 Å². The van der Waals surface area contributed by atoms with Gasteiger partial charge < -0.3 is 19.6 Å². The number of imidazole rings is 1. The highest BCUT2D eigenvalue weighted by atomic mass is 16.5. The molecule has 0 spiro atoms. The van der Waals surface area contributed by atoms with E-state index < -0.39 is 0 Å². The van der Waals surface area contributed by atoms with Crippen LogP contribution in [0.25, 0.3) is 33.5 Å². The van der Waals surface area contributed by atoms with Crippen LogP contribution in [-0.2, 0) is 0 Å². The molecule has 0 unspecified atom stereocenters. The number of H-pyrrole nitrogens is 2. The zero-order valence-electron chi connectivity index (χ0n) is 22.5. The number of anilines is 1. The molecule has 2 N–H and O–H groups in total. The number of fused-ring (bicyclic) bond motifs is 1. The standard InChI is InChI=1S/C32H32N6O/c1-5-22-6-8-23(9-7-22)28-18-27-31(36-28)33-19-34-32(27)38-16-14-25(15-17-38)30-35-21(4)29(37-30)24-10-12-26(13-11-24)39-20(2)3/h1,6-13,18-20,25H,14-17H2,2-4H3,(H,35,37)(H,33,34,36). The van der Waals surface area contributed by atoms with Crippen molar-refractivity contribution >= 4 is 16.9 Å². The summed E-state index contributed by atoms with van der Waals surface area (Å²) in [6.07, 6.45) is 9.32. The lowest BCUT2D eigenvalue weighted by molar-refractivity contribution is 0.242. The lowest BCUT2D eigenvalue weighted by atomic mass is 9.96. The number of aryl methyl sites for hydroxylation is 1. The second-order valence-corrected chi connectivity index (χ2v) is 10.4. The number of nitrogens with zero attached hydrogens (tertiary/aromatic N) is 4. The molecule has 1 aliphatic heterocycles. The number of nitrogens with one attached hydrogen (secondary N) is 2. The third-order valence-corrected chi connectivity index (χ3v) is 7.37. The lowest BCUT2D eigenvalue weighted by Gasteiger charge is -2.32. The summed E-state index contributed by atoms with van der Waals surface area (Å²) >= 11 is 0. The van der Waals surface area contributed by atoms with Crippen LogP contribution in [0.2, 0.25) is 0 Å². The first-order valence-corrected chi connectivity index (χ1v) is 13.5. The molecule has 0 saturated carbocycles. The Morgan fingerprint density at radius 2 is 1.69 bits per heavy atom. The fourth-order valence-electron chi connectivity index (χ4n) is 5.37. The summed E-state index contributed by atoms with van der Waals surface area (Å²) in [6.45, 7) is 7.96. The van der Waals surface area contributed by atoms with Crippen molar-refractivity contribution in [3.63, 3.8) is 0 Å². The largest absolute Gasteiger partial charge is 0.491 e. The fraction of sp³-hybridized carbons (Fsp3) is 0.281. The highest BCUT2D eigenvalue weighted by Gasteiger charge is 2.26. The van der Waals surface area contributed by atoms with Crippen molar-refractivity contribution in [3.05, 3.63) is 78.0 Å². The number of rotatable bonds is 6. The van der Waals surface area contributed by atoms with Crippen molar-refractivity contribution in [3.8, 4) is 40.6 Å². The monoisotopic (exact) mass is 516 g/mol. The maximum absolute atomic E-state index is 5.79. The molecule has 1 saturated heterocycles. The molecule has 7 heteroatoms. The number of terminal acetylenes is 1. The number of ether oxygens (including phenoxy) is 1. The third-order valence-electron chi connectivity index (χ3n) is 7.37. The van der Waals surface area contributed by atoms with Gasteiger partial charge in [0.25, 0.3) is 0 Å². The second-order valence-electron chi connectivity index (χ2n) is 10.4. The number of hydrogen-bond donors (Lipinski definition) is 2. The molecule has 1 fully saturated rings. The molecular formula is C32H32N6O. The van der Waals surface area contributed by atoms with Gasteiger partial charge in [0.05, 0.1) is 22.9 Å². The molecular weight excluding hydrogens is 484 g/mol. The van der Waals surface area contributed by atoms with Gasteiger partial charge in [-0.25, -0.2) is 15.0 Å². The van der Waals surface area contributed by atoms with E-state index >= 15 is 0 Å². The maximum atomic E-state index is 5.79. The van der Waals surface area contributed by atoms with Crippen LogP contribution < -0.4 is 9.64 Å². The normalized spacial score (nSPS) is 14.2. The van der Waals surface area contributed by atoms with Gasteiger partial charge in [0.1, 0.15) is 29.4 Å². The van der Waals surface area contributed by atoms with Crippen LogP contribution >= 0.6 is 0 Å². The zero-order valence-corrected chi connectivity index (χ0v) is 22.5. The van der Waals surface area contributed by atoms with E-state index in [1.165, 1.54) is 0 Å². The van der Waals surface area contributed by atoms with E-state index in [0.717, 1.165) is 88.1 Å². The first kappa shape index (κ1) is 24.7. The van der Waals surface area contributed by atoms with Gasteiger partial charge >= 0.3 is 0 Å². The molecule has 4 heterocycles. The molecule has 0 radical (unpaired) electrons. The zero-order chi connectivity index (χ0) is 26.9. The molecule has 1 aliphatic rings. The predicted octanol–water partition coefficient (Wildman–Crippen LogP) is 6.48. The molecule has 3 aromatic heterocycles. The summed E-state index contributed by atoms with van der Waals surface area (Å²) in [5.74, 6) is 5.97. The molecule has 0 bridgehead atoms. The van der Waals surface area contributed by atoms with E-state index in [1.807, 2.05) is 50.2 Å². The van der Waals surface area contributed by atoms with Crippen LogP contribution in [0.3, 0.4) is 0 Å². The maximum Gasteiger partial charge on any atom is 0.143 e. The molecule has 7 nitrogen and oxygen atoms in total. The Balaban J connectivity index is 1.17. The highest BCUT2D eigenvalue weighted by molar-refractivity contribution is 5.92. The Bertz CT molecular complexity index is 1630. The minimum atomic E-state index is 0.159. The third kappa shape index (κ3) is 4.98. The van der Waals surface area contributed by atoms with Crippen molar-refractivity contribution in [2.24, 2.45) is 0 Å². The number of hydrogen-bond acceptors (Lipinski definition) is 5. The van der Waals surface area contributed by atoms with E-state index in [-0.39, 0.29) is 6.10 Å². The second kappa shape index (κ2) is 10.3. The minimum absolute atomic E-state index is 0.159. The van der Waals surface area contributed by atoms with E-state index in [4.69, 9.17) is 16.1 Å². The first-order valence-electron chi connectivity index (χ1n) is 13.5. The van der Waals surface area contributed by atoms with Gasteiger partial charge in [0.15, 0.2) is 0 Å². The topological polar surface area (TPSA) is 82.7 Å². The molecule has 0 aliphatic carbocycles. The number of aromatic nitrogens is 5. The smallest absolute Gasteiger partial charge is 0.143 e. The lowest BCUT2D eigenvalue weighted by Crippen LogP contribution is -2.33. The van der Waals surface area contributed by atoms with Gasteiger partial charge in [-0.3, -0.25) is 0 Å². The molecule has 196 valence electrons. The van der Waals surface area contributed by atoms with Crippen LogP contribution in [-0.4, -0.2) is 44.1 Å². The van der Waals surface area contributed by atoms with E-state index in [1.54, 1.807) is 6.33 Å². The van der Waals surface area contributed by atoms with Gasteiger partial charge in [-0.05, 0) is 81.6 Å². The number of piperidine rings is 1. The van der Waals surface area contributed by atoms with Crippen molar-refractivity contribution in [1.82, 2.24) is 24.9 Å². The molecule has 2 aromatic carbocycles. The molecule has 0 atom stereocenters. The van der Waals surface area contributed by atoms with Gasteiger partial charge in [0.2, 0.25) is 0 Å². The molecule has 5 aromatic rings. The van der Waals surface area contributed by atoms with Crippen molar-refractivity contribution in [1.29, 1.82) is 0 Å². The summed E-state index contributed by atoms with van der Waals surface area (Å²) < 4.78 is 5.79. The molecule has 0 amide bonds. The number of benzene rings is 2. The van der Waals surface area contributed by atoms with E-state index in [9.17, 15) is 0 Å². The van der Waals surface area contributed by atoms with E-state index in [0.29, 0.717) is 5.92 Å². The summed E-state index contributed by atoms with van der Waals surface area (Å²) in [5, 5.41) is 1.04. The summed E-state index contributed by atoms with van der Waals surface area (Å²) in [5.41, 5.74) is 7.02. The molecule has 6 rings (SSSR count). The SMILES string of the molecule is C#Cc1ccc(-c2cc3c(N4CCC(c5nc(C)c(-c6ccc(OC(C)C)cc6)[nH]5)CC4)ncnc3[nH]2)cc1. The van der Waals surface area contributed by atoms with Crippen molar-refractivity contribution < 1.29 is 4.74 Å². The van der Waals surface area contributed by atoms with Crippen LogP contribution in [0.1, 0.15) is 49.7 Å². The summed E-state index contributed by atoms with van der Waals surface area (Å²) in [6, 6.07) is 18.4. The van der Waals surface area contributed by atoms with Gasteiger partial charge in [-0.15, -0.1) is 6.42 Å². The van der Waals surface area contributed by atoms with Gasteiger partial charge in [-0.2, -0.15) is 0 Å². The first-order chi connectivity index (χ1) is 19.0. The Morgan fingerprint density at radius 3 is 2.38 bits per heavy atom. The highest BCUT2D eigenvalue weighted by Crippen LogP contribution is 2.34. The number of aromatic amines is 2. The Kier molecular flexibility index (Phi) is 6.54. The Labute approximate surface area is 228 Å². The van der Waals surface area contributed by atoms with Crippen molar-refractivity contribution in [2.75, 3.05) is 18.0 Å². The Morgan fingerprint density at radius 1 is 0.974 bits per heavy atom. The average Bonchev–Trinajstić information content (AvgIpc) is 3.57. The summed E-state index contributed by atoms with van der Waals surface area (Å²) in [4.78, 5) is 23.5. The van der Waals surface area contributed by atoms with E-state index in [2.05, 4.69) is 55.9 Å². The Hall–Kier alpha value is -4.57. The van der Waals surface area contributed by atoms with Crippen molar-refractivity contribution in [2.45, 2.75) is 45.6 Å². The summed E-state index contributed by atoms with van der Waals surface area (Å²) in [7, 11) is 0.